The van der Waals surface area contributed by atoms with Crippen molar-refractivity contribution < 1.29 is 53.7 Å². The molecule has 0 heterocycles. The van der Waals surface area contributed by atoms with Crippen molar-refractivity contribution in [3.05, 3.63) is 23.8 Å². The first kappa shape index (κ1) is 22.2. The number of carbonyl (C=O) groups excluding carboxylic acids is 1. The summed E-state index contributed by atoms with van der Waals surface area (Å²) in [4.78, 5) is 11.2. The van der Waals surface area contributed by atoms with Gasteiger partial charge in [-0.15, -0.1) is 0 Å². The van der Waals surface area contributed by atoms with Crippen LogP contribution in [0.3, 0.4) is 0 Å². The second-order valence-corrected chi connectivity index (χ2v) is 5.44. The Morgan fingerprint density at radius 3 is 2.35 bits per heavy atom. The molecule has 23 heavy (non-hydrogen) atoms. The zero-order valence-corrected chi connectivity index (χ0v) is 16.5. The zero-order valence-electron chi connectivity index (χ0n) is 14.5. The fourth-order valence-electron chi connectivity index (χ4n) is 2.03. The topological polar surface area (TPSA) is 93.8 Å². The van der Waals surface area contributed by atoms with E-state index in [1.165, 1.54) is 7.11 Å². The van der Waals surface area contributed by atoms with Crippen molar-refractivity contribution in [1.82, 2.24) is 0 Å². The molecule has 7 heteroatoms. The molecule has 6 nitrogen and oxygen atoms in total. The molecule has 0 aromatic heterocycles. The van der Waals surface area contributed by atoms with Crippen molar-refractivity contribution in [2.45, 2.75) is 39.0 Å². The van der Waals surface area contributed by atoms with Gasteiger partial charge in [0.25, 0.3) is 0 Å². The first-order valence-electron chi connectivity index (χ1n) is 7.22. The quantitative estimate of drug-likeness (QED) is 0.425. The second kappa shape index (κ2) is 10.9. The summed E-state index contributed by atoms with van der Waals surface area (Å²) >= 11 is 0. The fourth-order valence-corrected chi connectivity index (χ4v) is 2.03. The first-order chi connectivity index (χ1) is 10.4. The van der Waals surface area contributed by atoms with E-state index in [4.69, 9.17) is 19.9 Å². The summed E-state index contributed by atoms with van der Waals surface area (Å²) in [6, 6.07) is 5.07. The van der Waals surface area contributed by atoms with Gasteiger partial charge >= 0.3 is 29.6 Å². The molecule has 0 saturated carbocycles. The number of aliphatic carboxylic acids is 1. The Labute approximate surface area is 159 Å². The number of rotatable bonds is 9. The molecule has 0 aliphatic carbocycles. The summed E-state index contributed by atoms with van der Waals surface area (Å²) < 4.78 is 15.8. The maximum Gasteiger partial charge on any atom is 1.00 e. The Hall–Kier alpha value is -0.790. The minimum absolute atomic E-state index is 0. The summed E-state index contributed by atoms with van der Waals surface area (Å²) in [5, 5.41) is 11.2. The molecular weight excluding hydrogens is 309 g/mol. The summed E-state index contributed by atoms with van der Waals surface area (Å²) in [5.41, 5.74) is 6.53. The van der Waals surface area contributed by atoms with Gasteiger partial charge in [0, 0.05) is 11.6 Å². The van der Waals surface area contributed by atoms with Crippen LogP contribution in [0.2, 0.25) is 0 Å². The largest absolute Gasteiger partial charge is 1.00 e. The summed E-state index contributed by atoms with van der Waals surface area (Å²) in [6.07, 6.45) is -0.905. The average molecular weight is 333 g/mol. The van der Waals surface area contributed by atoms with E-state index >= 15 is 0 Å². The van der Waals surface area contributed by atoms with Gasteiger partial charge in [-0.05, 0) is 30.9 Å². The minimum Gasteiger partial charge on any atom is -0.547 e. The van der Waals surface area contributed by atoms with E-state index in [2.05, 4.69) is 0 Å². The predicted molar refractivity (Wildman–Crippen MR) is 80.4 cm³/mol. The van der Waals surface area contributed by atoms with Crippen LogP contribution in [0.4, 0.5) is 0 Å². The van der Waals surface area contributed by atoms with E-state index in [-0.39, 0.29) is 29.6 Å². The third kappa shape index (κ3) is 7.10. The molecule has 124 valence electrons. The number of benzene rings is 1. The Bertz CT molecular complexity index is 495. The van der Waals surface area contributed by atoms with E-state index in [1.54, 1.807) is 25.3 Å². The van der Waals surface area contributed by atoms with E-state index in [0.29, 0.717) is 35.8 Å². The predicted octanol–water partition coefficient (Wildman–Crippen LogP) is -1.76. The van der Waals surface area contributed by atoms with Gasteiger partial charge in [0.15, 0.2) is 0 Å². The number of methoxy groups -OCH3 is 2. The minimum atomic E-state index is -1.26. The smallest absolute Gasteiger partial charge is 0.547 e. The third-order valence-electron chi connectivity index (χ3n) is 3.33. The van der Waals surface area contributed by atoms with Crippen LogP contribution in [0, 0.1) is 5.92 Å². The molecule has 0 spiro atoms. The number of carbonyl (C=O) groups is 1. The molecule has 2 unspecified atom stereocenters. The van der Waals surface area contributed by atoms with Crippen molar-refractivity contribution in [2.24, 2.45) is 11.7 Å². The molecule has 0 saturated heterocycles. The number of hydrogen-bond donors (Lipinski definition) is 1. The van der Waals surface area contributed by atoms with Gasteiger partial charge in [-0.25, -0.2) is 0 Å². The number of carboxylic acid groups (broad SMARTS) is 1. The fraction of sp³-hybridized carbons (Fsp3) is 0.562. The molecule has 1 rings (SSSR count). The Morgan fingerprint density at radius 1 is 1.22 bits per heavy atom. The molecule has 0 fully saturated rings. The van der Waals surface area contributed by atoms with E-state index in [1.807, 2.05) is 13.8 Å². The van der Waals surface area contributed by atoms with Crippen molar-refractivity contribution in [2.75, 3.05) is 14.2 Å². The molecular formula is C16H24NNaO5. The van der Waals surface area contributed by atoms with E-state index < -0.39 is 18.3 Å². The molecule has 2 N–H and O–H groups in total. The van der Waals surface area contributed by atoms with Gasteiger partial charge in [0.2, 0.25) is 0 Å². The number of carboxylic acids is 1. The van der Waals surface area contributed by atoms with Crippen LogP contribution >= 0.6 is 0 Å². The van der Waals surface area contributed by atoms with Crippen molar-refractivity contribution in [1.29, 1.82) is 0 Å². The molecule has 0 aliphatic heterocycles. The second-order valence-electron chi connectivity index (χ2n) is 5.44. The van der Waals surface area contributed by atoms with Crippen LogP contribution in [0.1, 0.15) is 38.5 Å². The molecule has 1 aromatic carbocycles. The Kier molecular flexibility index (Phi) is 10.5. The van der Waals surface area contributed by atoms with Crippen LogP contribution in [0.15, 0.2) is 18.2 Å². The maximum absolute atomic E-state index is 11.2. The van der Waals surface area contributed by atoms with Gasteiger partial charge in [0.1, 0.15) is 17.7 Å². The van der Waals surface area contributed by atoms with Gasteiger partial charge < -0.3 is 29.8 Å². The third-order valence-corrected chi connectivity index (χ3v) is 3.33. The van der Waals surface area contributed by atoms with Gasteiger partial charge in [-0.2, -0.15) is 0 Å². The maximum atomic E-state index is 11.2. The van der Waals surface area contributed by atoms with Crippen LogP contribution < -0.4 is 49.9 Å². The van der Waals surface area contributed by atoms with Crippen molar-refractivity contribution in [3.63, 3.8) is 0 Å². The Morgan fingerprint density at radius 2 is 1.87 bits per heavy atom. The molecule has 0 aliphatic rings. The molecule has 0 bridgehead atoms. The van der Waals surface area contributed by atoms with Crippen LogP contribution in [-0.2, 0) is 9.53 Å². The zero-order chi connectivity index (χ0) is 16.7. The molecule has 2 atom stereocenters. The van der Waals surface area contributed by atoms with Gasteiger partial charge in [0.05, 0.1) is 26.3 Å². The van der Waals surface area contributed by atoms with Crippen LogP contribution in [0.5, 0.6) is 11.5 Å². The van der Waals surface area contributed by atoms with Crippen LogP contribution in [0.25, 0.3) is 0 Å². The summed E-state index contributed by atoms with van der Waals surface area (Å²) in [7, 11) is 3.04. The van der Waals surface area contributed by atoms with E-state index in [9.17, 15) is 9.90 Å². The standard InChI is InChI=1S/C16H25NO5.Na/c1-10(2)5-8-13(16(18)19)22-15(17)12-7-6-11(20-3)9-14(12)21-4;/h6-7,9-10,13,15H,5,8,17H2,1-4H3,(H,18,19);/q;+1/p-1. The molecule has 0 amide bonds. The number of ether oxygens (including phenoxy) is 3. The first-order valence-corrected chi connectivity index (χ1v) is 7.22. The van der Waals surface area contributed by atoms with Crippen molar-refractivity contribution in [3.8, 4) is 11.5 Å². The average Bonchev–Trinajstić information content (AvgIpc) is 2.49. The van der Waals surface area contributed by atoms with Crippen molar-refractivity contribution >= 4 is 5.97 Å². The molecule has 1 aromatic rings. The van der Waals surface area contributed by atoms with E-state index in [0.717, 1.165) is 0 Å². The van der Waals surface area contributed by atoms with Gasteiger partial charge in [-0.3, -0.25) is 0 Å². The van der Waals surface area contributed by atoms with Crippen LogP contribution in [-0.4, -0.2) is 26.3 Å². The summed E-state index contributed by atoms with van der Waals surface area (Å²) in [6.45, 7) is 4.03. The summed E-state index contributed by atoms with van der Waals surface area (Å²) in [5.74, 6) is 0.206. The number of nitrogens with two attached hydrogens (primary N) is 1. The number of hydrogen-bond acceptors (Lipinski definition) is 6. The normalized spacial score (nSPS) is 13.1. The molecule has 0 radical (unpaired) electrons. The Balaban J connectivity index is 0.00000484. The monoisotopic (exact) mass is 333 g/mol. The SMILES string of the molecule is COc1ccc(C(N)OC(CCC(C)C)C(=O)[O-])c(OC)c1.[Na+]. The van der Waals surface area contributed by atoms with Gasteiger partial charge in [-0.1, -0.05) is 13.8 Å².